The molecular formula is C23H20Cl2N4O2. The van der Waals surface area contributed by atoms with E-state index in [0.29, 0.717) is 15.7 Å². The van der Waals surface area contributed by atoms with Gasteiger partial charge in [-0.25, -0.2) is 4.79 Å². The van der Waals surface area contributed by atoms with Gasteiger partial charge in [0.1, 0.15) is 6.54 Å². The maximum absolute atomic E-state index is 12.0. The zero-order chi connectivity index (χ0) is 22.4. The fraction of sp³-hybridized carbons (Fsp3) is 0.0870. The molecular weight excluding hydrogens is 435 g/mol. The topological polar surface area (TPSA) is 87.8 Å². The number of carbonyl (C=O) groups excluding carboxylic acids is 2. The Kier molecular flexibility index (Phi) is 7.28. The predicted octanol–water partition coefficient (Wildman–Crippen LogP) is 4.98. The van der Waals surface area contributed by atoms with Gasteiger partial charge in [0, 0.05) is 23.2 Å². The maximum atomic E-state index is 12.0. The number of hydrogen-bond acceptors (Lipinski definition) is 3. The first-order valence-electron chi connectivity index (χ1n) is 9.34. The Morgan fingerprint density at radius 1 is 1.03 bits per heavy atom. The number of primary amides is 1. The highest BCUT2D eigenvalue weighted by Crippen LogP contribution is 2.26. The predicted molar refractivity (Wildman–Crippen MR) is 126 cm³/mol. The molecule has 31 heavy (non-hydrogen) atoms. The second-order valence-corrected chi connectivity index (χ2v) is 7.46. The molecule has 3 aromatic carbocycles. The van der Waals surface area contributed by atoms with Crippen LogP contribution in [-0.2, 0) is 4.79 Å². The van der Waals surface area contributed by atoms with E-state index in [1.807, 2.05) is 54.6 Å². The number of hydrogen-bond donors (Lipinski definition) is 2. The maximum Gasteiger partial charge on any atom is 0.316 e. The zero-order valence-corrected chi connectivity index (χ0v) is 18.2. The Hall–Kier alpha value is -3.35. The Morgan fingerprint density at radius 3 is 2.39 bits per heavy atom. The number of nitrogens with two attached hydrogens (primary N) is 1. The van der Waals surface area contributed by atoms with Crippen molar-refractivity contribution in [2.45, 2.75) is 0 Å². The lowest BCUT2D eigenvalue weighted by Crippen LogP contribution is -2.27. The molecule has 0 fully saturated rings. The molecule has 0 aliphatic carbocycles. The van der Waals surface area contributed by atoms with E-state index in [0.717, 1.165) is 22.5 Å². The molecule has 3 amide bonds. The third-order valence-corrected chi connectivity index (χ3v) is 5.05. The number of rotatable bonds is 2. The van der Waals surface area contributed by atoms with Crippen molar-refractivity contribution in [3.63, 3.8) is 0 Å². The molecule has 0 saturated carbocycles. The van der Waals surface area contributed by atoms with E-state index < -0.39 is 6.03 Å². The lowest BCUT2D eigenvalue weighted by Gasteiger charge is -2.17. The van der Waals surface area contributed by atoms with E-state index in [2.05, 4.69) is 10.3 Å². The second kappa shape index (κ2) is 10.1. The van der Waals surface area contributed by atoms with E-state index >= 15 is 0 Å². The molecule has 0 radical (unpaired) electrons. The number of carbonyl (C=O) groups is 2. The summed E-state index contributed by atoms with van der Waals surface area (Å²) in [6, 6.07) is 21.9. The molecule has 0 atom stereocenters. The van der Waals surface area contributed by atoms with Gasteiger partial charge in [0.05, 0.1) is 22.1 Å². The highest BCUT2D eigenvalue weighted by Gasteiger charge is 2.21. The number of benzene rings is 3. The molecule has 1 aliphatic heterocycles. The molecule has 0 saturated heterocycles. The van der Waals surface area contributed by atoms with Crippen molar-refractivity contribution in [3.8, 4) is 0 Å². The number of nitrogens with zero attached hydrogens (tertiary/aromatic N) is 2. The number of anilines is 2. The first-order valence-corrected chi connectivity index (χ1v) is 10.1. The van der Waals surface area contributed by atoms with Crippen LogP contribution in [-0.4, -0.2) is 31.2 Å². The average Bonchev–Trinajstić information content (AvgIpc) is 2.88. The van der Waals surface area contributed by atoms with Crippen LogP contribution in [0.3, 0.4) is 0 Å². The summed E-state index contributed by atoms with van der Waals surface area (Å²) in [5.74, 6) is 0.0124. The smallest absolute Gasteiger partial charge is 0.316 e. The highest BCUT2D eigenvalue weighted by molar-refractivity contribution is 6.36. The van der Waals surface area contributed by atoms with Crippen molar-refractivity contribution in [2.24, 2.45) is 10.7 Å². The number of nitrogens with one attached hydrogen (secondary N) is 1. The summed E-state index contributed by atoms with van der Waals surface area (Å²) in [6.45, 7) is 0.190. The number of amides is 3. The highest BCUT2D eigenvalue weighted by atomic mass is 35.5. The summed E-state index contributed by atoms with van der Waals surface area (Å²) in [6.07, 6.45) is 0. The van der Waals surface area contributed by atoms with E-state index in [-0.39, 0.29) is 12.5 Å². The fourth-order valence-electron chi connectivity index (χ4n) is 3.01. The molecule has 0 unspecified atom stereocenters. The molecule has 1 heterocycles. The summed E-state index contributed by atoms with van der Waals surface area (Å²) in [4.78, 5) is 28.6. The van der Waals surface area contributed by atoms with Crippen molar-refractivity contribution in [3.05, 3.63) is 94.0 Å². The van der Waals surface area contributed by atoms with E-state index in [4.69, 9.17) is 28.9 Å². The lowest BCUT2D eigenvalue weighted by molar-refractivity contribution is -0.116. The zero-order valence-electron chi connectivity index (χ0n) is 16.7. The number of benzodiazepines with no additional fused rings is 1. The summed E-state index contributed by atoms with van der Waals surface area (Å²) < 4.78 is 0. The number of likely N-dealkylation sites (N-methyl/N-ethyl adjacent to an activating group) is 1. The average molecular weight is 455 g/mol. The summed E-state index contributed by atoms with van der Waals surface area (Å²) in [5.41, 5.74) is 9.18. The quantitative estimate of drug-likeness (QED) is 0.571. The molecule has 6 nitrogen and oxygen atoms in total. The third kappa shape index (κ3) is 5.63. The largest absolute Gasteiger partial charge is 0.351 e. The number of halogens is 2. The number of fused-ring (bicyclic) bond motifs is 1. The molecule has 0 aromatic heterocycles. The SMILES string of the molecule is CN1C(=O)CN=C(c2ccccc2)c2ccccc21.NC(=O)Nc1ccc(Cl)cc1Cl. The minimum absolute atomic E-state index is 0.0124. The van der Waals surface area contributed by atoms with Crippen LogP contribution >= 0.6 is 23.2 Å². The summed E-state index contributed by atoms with van der Waals surface area (Å²) >= 11 is 11.3. The molecule has 4 rings (SSSR count). The van der Waals surface area contributed by atoms with Gasteiger partial charge in [-0.05, 0) is 24.3 Å². The van der Waals surface area contributed by atoms with Gasteiger partial charge in [0.25, 0.3) is 0 Å². The van der Waals surface area contributed by atoms with Crippen molar-refractivity contribution in [1.29, 1.82) is 0 Å². The van der Waals surface area contributed by atoms with Crippen LogP contribution in [0.2, 0.25) is 10.0 Å². The van der Waals surface area contributed by atoms with E-state index in [1.165, 1.54) is 6.07 Å². The number of para-hydroxylation sites is 1. The van der Waals surface area contributed by atoms with Crippen LogP contribution in [0.15, 0.2) is 77.8 Å². The normalized spacial score (nSPS) is 12.7. The van der Waals surface area contributed by atoms with Gasteiger partial charge in [-0.15, -0.1) is 0 Å². The Labute approximate surface area is 190 Å². The van der Waals surface area contributed by atoms with Gasteiger partial charge in [-0.1, -0.05) is 71.7 Å². The second-order valence-electron chi connectivity index (χ2n) is 6.61. The van der Waals surface area contributed by atoms with E-state index in [1.54, 1.807) is 24.1 Å². The fourth-order valence-corrected chi connectivity index (χ4v) is 3.46. The van der Waals surface area contributed by atoms with E-state index in [9.17, 15) is 9.59 Å². The Morgan fingerprint density at radius 2 is 1.71 bits per heavy atom. The van der Waals surface area contributed by atoms with Crippen LogP contribution in [0.4, 0.5) is 16.2 Å². The molecule has 1 aliphatic rings. The first kappa shape index (κ1) is 22.3. The molecule has 8 heteroatoms. The standard InChI is InChI=1S/C16H14N2O.C7H6Cl2N2O/c1-18-14-10-6-5-9-13(14)16(17-11-15(18)19)12-7-3-2-4-8-12;8-4-1-2-6(5(9)3-4)11-7(10)12/h2-10H,11H2,1H3;1-3H,(H3,10,11,12). The minimum atomic E-state index is -0.653. The molecule has 3 N–H and O–H groups in total. The number of urea groups is 1. The lowest BCUT2D eigenvalue weighted by atomic mass is 10.0. The monoisotopic (exact) mass is 454 g/mol. The Bertz CT molecular complexity index is 1130. The van der Waals surface area contributed by atoms with Crippen molar-refractivity contribution < 1.29 is 9.59 Å². The molecule has 158 valence electrons. The summed E-state index contributed by atoms with van der Waals surface area (Å²) in [7, 11) is 1.80. The van der Waals surface area contributed by atoms with Crippen LogP contribution in [0, 0.1) is 0 Å². The van der Waals surface area contributed by atoms with Gasteiger partial charge < -0.3 is 16.0 Å². The van der Waals surface area contributed by atoms with Crippen LogP contribution in [0.1, 0.15) is 11.1 Å². The van der Waals surface area contributed by atoms with Crippen molar-refractivity contribution >= 4 is 52.2 Å². The van der Waals surface area contributed by atoms with Crippen molar-refractivity contribution in [1.82, 2.24) is 0 Å². The van der Waals surface area contributed by atoms with Gasteiger partial charge in [-0.2, -0.15) is 0 Å². The Balaban J connectivity index is 0.000000196. The third-order valence-electron chi connectivity index (χ3n) is 4.50. The number of aliphatic imine (C=N–C) groups is 1. The van der Waals surface area contributed by atoms with Gasteiger partial charge in [0.2, 0.25) is 5.91 Å². The van der Waals surface area contributed by atoms with Crippen LogP contribution < -0.4 is 16.0 Å². The van der Waals surface area contributed by atoms with Gasteiger partial charge in [0.15, 0.2) is 0 Å². The summed E-state index contributed by atoms with van der Waals surface area (Å²) in [5, 5.41) is 3.22. The molecule has 3 aromatic rings. The molecule has 0 bridgehead atoms. The van der Waals surface area contributed by atoms with Crippen molar-refractivity contribution in [2.75, 3.05) is 23.8 Å². The van der Waals surface area contributed by atoms with Gasteiger partial charge >= 0.3 is 6.03 Å². The first-order chi connectivity index (χ1) is 14.9. The molecule has 0 spiro atoms. The van der Waals surface area contributed by atoms with Crippen LogP contribution in [0.5, 0.6) is 0 Å². The minimum Gasteiger partial charge on any atom is -0.351 e. The van der Waals surface area contributed by atoms with Gasteiger partial charge in [-0.3, -0.25) is 9.79 Å². The van der Waals surface area contributed by atoms with Crippen LogP contribution in [0.25, 0.3) is 0 Å².